The van der Waals surface area contributed by atoms with Crippen LogP contribution in [0.15, 0.2) is 75.9 Å². The smallest absolute Gasteiger partial charge is 0.340 e. The van der Waals surface area contributed by atoms with Gasteiger partial charge in [0, 0.05) is 5.39 Å². The number of aryl methyl sites for hydroxylation is 1. The number of pyridine rings is 1. The molecule has 8 heteroatoms. The lowest BCUT2D eigenvalue weighted by molar-refractivity contribution is 0.0338. The van der Waals surface area contributed by atoms with Crippen molar-refractivity contribution in [3.05, 3.63) is 88.4 Å². The van der Waals surface area contributed by atoms with Crippen LogP contribution >= 0.6 is 0 Å². The third-order valence-corrected chi connectivity index (χ3v) is 4.88. The van der Waals surface area contributed by atoms with Crippen molar-refractivity contribution in [3.63, 3.8) is 0 Å². The molecule has 0 N–H and O–H groups in total. The molecule has 0 atom stereocenters. The second-order valence-corrected chi connectivity index (χ2v) is 6.95. The van der Waals surface area contributed by atoms with E-state index in [9.17, 15) is 9.59 Å². The lowest BCUT2D eigenvalue weighted by Gasteiger charge is -2.10. The fraction of sp³-hybridized carbons (Fsp3) is 0.0870. The zero-order valence-corrected chi connectivity index (χ0v) is 16.5. The zero-order valence-electron chi connectivity index (χ0n) is 16.5. The van der Waals surface area contributed by atoms with Crippen molar-refractivity contribution >= 4 is 27.8 Å². The molecular formula is C23H16N4O4. The minimum Gasteiger partial charge on any atom is -0.460 e. The predicted molar refractivity (Wildman–Crippen MR) is 113 cm³/mol. The Morgan fingerprint density at radius 3 is 2.52 bits per heavy atom. The Hall–Kier alpha value is -4.33. The van der Waals surface area contributed by atoms with Crippen LogP contribution in [0, 0.1) is 6.92 Å². The predicted octanol–water partition coefficient (Wildman–Crippen LogP) is 3.72. The van der Waals surface area contributed by atoms with E-state index in [1.54, 1.807) is 42.5 Å². The van der Waals surface area contributed by atoms with Crippen molar-refractivity contribution in [3.8, 4) is 11.5 Å². The SMILES string of the molecule is Cc1ccc(-c2cc(C(=O)OCn3nnc4ccccc4c3=O)c3ccccc3n2)o1. The number of hydrogen-bond acceptors (Lipinski definition) is 7. The van der Waals surface area contributed by atoms with Gasteiger partial charge in [-0.3, -0.25) is 4.79 Å². The van der Waals surface area contributed by atoms with Gasteiger partial charge in [-0.1, -0.05) is 35.5 Å². The molecule has 3 aromatic heterocycles. The zero-order chi connectivity index (χ0) is 21.4. The van der Waals surface area contributed by atoms with E-state index >= 15 is 0 Å². The molecule has 8 nitrogen and oxygen atoms in total. The molecule has 5 aromatic rings. The molecule has 2 aromatic carbocycles. The summed E-state index contributed by atoms with van der Waals surface area (Å²) < 4.78 is 12.1. The number of para-hydroxylation sites is 1. The number of esters is 1. The number of aromatic nitrogens is 4. The van der Waals surface area contributed by atoms with Crippen molar-refractivity contribution in [1.82, 2.24) is 20.0 Å². The van der Waals surface area contributed by atoms with Crippen LogP contribution in [-0.4, -0.2) is 25.9 Å². The molecule has 3 heterocycles. The van der Waals surface area contributed by atoms with E-state index in [1.165, 1.54) is 0 Å². The minimum atomic E-state index is -0.606. The highest BCUT2D eigenvalue weighted by Gasteiger charge is 2.17. The van der Waals surface area contributed by atoms with Crippen LogP contribution in [0.25, 0.3) is 33.3 Å². The first-order valence-electron chi connectivity index (χ1n) is 9.56. The molecule has 152 valence electrons. The first-order valence-corrected chi connectivity index (χ1v) is 9.56. The average molecular weight is 412 g/mol. The van der Waals surface area contributed by atoms with E-state index in [0.717, 1.165) is 10.4 Å². The van der Waals surface area contributed by atoms with Crippen molar-refractivity contribution < 1.29 is 13.9 Å². The van der Waals surface area contributed by atoms with Gasteiger partial charge in [-0.15, -0.1) is 5.10 Å². The number of fused-ring (bicyclic) bond motifs is 2. The van der Waals surface area contributed by atoms with E-state index in [2.05, 4.69) is 15.3 Å². The van der Waals surface area contributed by atoms with E-state index in [4.69, 9.17) is 9.15 Å². The summed E-state index contributed by atoms with van der Waals surface area (Å²) >= 11 is 0. The van der Waals surface area contributed by atoms with Gasteiger partial charge in [0.1, 0.15) is 17.0 Å². The van der Waals surface area contributed by atoms with Gasteiger partial charge in [0.2, 0.25) is 0 Å². The normalized spacial score (nSPS) is 11.1. The second-order valence-electron chi connectivity index (χ2n) is 6.95. The van der Waals surface area contributed by atoms with Crippen molar-refractivity contribution in [2.24, 2.45) is 0 Å². The summed E-state index contributed by atoms with van der Waals surface area (Å²) in [5.74, 6) is 0.683. The van der Waals surface area contributed by atoms with Crippen LogP contribution in [0.5, 0.6) is 0 Å². The molecule has 5 rings (SSSR count). The molecule has 0 radical (unpaired) electrons. The number of rotatable bonds is 4. The summed E-state index contributed by atoms with van der Waals surface area (Å²) in [7, 11) is 0. The molecule has 0 unspecified atom stereocenters. The van der Waals surface area contributed by atoms with E-state index < -0.39 is 5.97 Å². The van der Waals surface area contributed by atoms with Crippen molar-refractivity contribution in [2.75, 3.05) is 0 Å². The highest BCUT2D eigenvalue weighted by molar-refractivity contribution is 6.04. The largest absolute Gasteiger partial charge is 0.460 e. The summed E-state index contributed by atoms with van der Waals surface area (Å²) in [6.45, 7) is 1.48. The summed E-state index contributed by atoms with van der Waals surface area (Å²) in [6.07, 6.45) is 0. The van der Waals surface area contributed by atoms with Crippen LogP contribution in [0.2, 0.25) is 0 Å². The van der Waals surface area contributed by atoms with Gasteiger partial charge in [-0.05, 0) is 43.3 Å². The maximum Gasteiger partial charge on any atom is 0.340 e. The molecule has 0 saturated heterocycles. The van der Waals surface area contributed by atoms with Crippen molar-refractivity contribution in [2.45, 2.75) is 13.7 Å². The highest BCUT2D eigenvalue weighted by atomic mass is 16.5. The number of carbonyl (C=O) groups excluding carboxylic acids is 1. The standard InChI is InChI=1S/C23H16N4O4/c1-14-10-11-21(31-14)20-12-17(15-6-2-4-8-18(15)24-20)23(29)30-13-27-22(28)16-7-3-5-9-19(16)25-26-27/h2-12H,13H2,1H3. The minimum absolute atomic E-state index is 0.316. The van der Waals surface area contributed by atoms with Crippen molar-refractivity contribution in [1.29, 1.82) is 0 Å². The monoisotopic (exact) mass is 412 g/mol. The third kappa shape index (κ3) is 3.44. The number of nitrogens with zero attached hydrogens (tertiary/aromatic N) is 4. The molecule has 31 heavy (non-hydrogen) atoms. The third-order valence-electron chi connectivity index (χ3n) is 4.88. The van der Waals surface area contributed by atoms with Crippen LogP contribution < -0.4 is 5.56 Å². The fourth-order valence-electron chi connectivity index (χ4n) is 3.35. The molecular weight excluding hydrogens is 396 g/mol. The van der Waals surface area contributed by atoms with Gasteiger partial charge in [-0.25, -0.2) is 9.78 Å². The van der Waals surface area contributed by atoms with Crippen LogP contribution in [0.1, 0.15) is 16.1 Å². The topological polar surface area (TPSA) is 100 Å². The lowest BCUT2D eigenvalue weighted by Crippen LogP contribution is -2.26. The van der Waals surface area contributed by atoms with Crippen LogP contribution in [0.4, 0.5) is 0 Å². The van der Waals surface area contributed by atoms with Gasteiger partial charge >= 0.3 is 5.97 Å². The molecule has 0 amide bonds. The molecule has 0 aliphatic rings. The summed E-state index contributed by atoms with van der Waals surface area (Å²) in [5, 5.41) is 8.89. The van der Waals surface area contributed by atoms with Gasteiger partial charge in [0.15, 0.2) is 12.5 Å². The number of hydrogen-bond donors (Lipinski definition) is 0. The molecule has 0 spiro atoms. The Bertz CT molecular complexity index is 1500. The number of carbonyl (C=O) groups is 1. The Morgan fingerprint density at radius 2 is 1.74 bits per heavy atom. The number of benzene rings is 2. The Balaban J connectivity index is 1.50. The molecule has 0 aliphatic heterocycles. The van der Waals surface area contributed by atoms with Gasteiger partial charge in [0.05, 0.1) is 16.5 Å². The quantitative estimate of drug-likeness (QED) is 0.415. The van der Waals surface area contributed by atoms with Crippen LogP contribution in [-0.2, 0) is 11.5 Å². The fourth-order valence-corrected chi connectivity index (χ4v) is 3.35. The molecule has 0 bridgehead atoms. The maximum absolute atomic E-state index is 13.0. The Kier molecular flexibility index (Phi) is 4.51. The van der Waals surface area contributed by atoms with Gasteiger partial charge in [-0.2, -0.15) is 4.68 Å². The van der Waals surface area contributed by atoms with E-state index in [1.807, 2.05) is 31.2 Å². The summed E-state index contributed by atoms with van der Waals surface area (Å²) in [6, 6.07) is 19.4. The Labute approximate surface area is 175 Å². The van der Waals surface area contributed by atoms with Gasteiger partial charge < -0.3 is 9.15 Å². The van der Waals surface area contributed by atoms with E-state index in [-0.39, 0.29) is 12.3 Å². The average Bonchev–Trinajstić information content (AvgIpc) is 3.24. The molecule has 0 fully saturated rings. The second kappa shape index (κ2) is 7.49. The molecule has 0 saturated carbocycles. The summed E-state index contributed by atoms with van der Waals surface area (Å²) in [5.41, 5.74) is 1.56. The lowest BCUT2D eigenvalue weighted by atomic mass is 10.1. The molecule has 0 aliphatic carbocycles. The van der Waals surface area contributed by atoms with E-state index in [0.29, 0.717) is 38.8 Å². The highest BCUT2D eigenvalue weighted by Crippen LogP contribution is 2.26. The maximum atomic E-state index is 13.0. The number of ether oxygens (including phenoxy) is 1. The van der Waals surface area contributed by atoms with Crippen LogP contribution in [0.3, 0.4) is 0 Å². The Morgan fingerprint density at radius 1 is 1.00 bits per heavy atom. The number of furan rings is 1. The first kappa shape index (κ1) is 18.7. The summed E-state index contributed by atoms with van der Waals surface area (Å²) in [4.78, 5) is 30.1. The van der Waals surface area contributed by atoms with Gasteiger partial charge in [0.25, 0.3) is 5.56 Å². The first-order chi connectivity index (χ1) is 15.1.